The average Bonchev–Trinajstić information content (AvgIpc) is 3.02. The van der Waals surface area contributed by atoms with Crippen molar-refractivity contribution in [1.29, 1.82) is 0 Å². The third-order valence-electron chi connectivity index (χ3n) is 6.28. The first kappa shape index (κ1) is 38.7. The van der Waals surface area contributed by atoms with Crippen LogP contribution < -0.4 is 0 Å². The maximum atomic E-state index is 10.6. The van der Waals surface area contributed by atoms with Crippen molar-refractivity contribution in [2.75, 3.05) is 0 Å². The van der Waals surface area contributed by atoms with Crippen LogP contribution in [0.25, 0.3) is 43.6 Å². The van der Waals surface area contributed by atoms with E-state index in [4.69, 9.17) is 10.2 Å². The minimum absolute atomic E-state index is 0. The number of phenols is 2. The Morgan fingerprint density at radius 1 is 0.532 bits per heavy atom. The van der Waals surface area contributed by atoms with Gasteiger partial charge in [-0.05, 0) is 30.3 Å². The Labute approximate surface area is 287 Å². The molecule has 3 aromatic carbocycles. The first-order valence-electron chi connectivity index (χ1n) is 12.6. The van der Waals surface area contributed by atoms with Gasteiger partial charge in [0.2, 0.25) is 0 Å². The first-order chi connectivity index (χ1) is 20.9. The Balaban J connectivity index is 0.000000238. The van der Waals surface area contributed by atoms with Gasteiger partial charge in [0.05, 0.1) is 27.0 Å². The zero-order chi connectivity index (χ0) is 31.5. The van der Waals surface area contributed by atoms with Crippen molar-refractivity contribution in [3.8, 4) is 11.5 Å². The third-order valence-corrected chi connectivity index (χ3v) is 7.94. The summed E-state index contributed by atoms with van der Waals surface area (Å²) in [7, 11) is -10.3. The maximum Gasteiger partial charge on any atom is 2.00 e. The SMILES string of the molecule is O.O=S(=O)([O-])c1cc(O)c(O)c(S(=O)(=O)[O-])c1.[Cd+2].[OH3+].c1cnc2c(c1)ccc1cccnc12.c1cnc2c(c1)ccc1cccnc12. The molecule has 0 saturated heterocycles. The summed E-state index contributed by atoms with van der Waals surface area (Å²) in [6, 6.07) is 24.8. The summed E-state index contributed by atoms with van der Waals surface area (Å²) in [5, 5.41) is 22.5. The molecule has 47 heavy (non-hydrogen) atoms. The number of aromatic hydroxyl groups is 2. The number of hydrogen-bond donors (Lipinski definition) is 2. The standard InChI is InChI=1S/2C12H8N2.C6H6O8S2.Cd.2H2O/c2*1-3-9-5-6-10-4-2-8-14-12(10)11(9)13-7-1;7-4-1-3(15(9,10)11)2-5(6(4)8)16(12,13)14;;;/h2*1-8H;1-2,7-8H,(H,9,10,11)(H,12,13,14);;2*1H2/q;;;+2;;/p-1. The van der Waals surface area contributed by atoms with Crippen LogP contribution in [0.2, 0.25) is 0 Å². The Kier molecular flexibility index (Phi) is 13.1. The molecule has 0 aliphatic rings. The van der Waals surface area contributed by atoms with E-state index in [1.54, 1.807) is 24.8 Å². The Bertz CT molecular complexity index is 2180. The molecule has 0 unspecified atom stereocenters. The van der Waals surface area contributed by atoms with Crippen LogP contribution in [-0.4, -0.2) is 61.6 Å². The van der Waals surface area contributed by atoms with Crippen molar-refractivity contribution in [2.45, 2.75) is 9.79 Å². The van der Waals surface area contributed by atoms with Crippen LogP contribution in [-0.2, 0) is 53.0 Å². The predicted molar refractivity (Wildman–Crippen MR) is 168 cm³/mol. The molecule has 14 nitrogen and oxygen atoms in total. The molecule has 0 atom stereocenters. The topological polar surface area (TPSA) is 271 Å². The van der Waals surface area contributed by atoms with Gasteiger partial charge >= 0.3 is 27.3 Å². The van der Waals surface area contributed by atoms with Crippen LogP contribution in [0, 0.1) is 0 Å². The van der Waals surface area contributed by atoms with E-state index in [0.29, 0.717) is 6.07 Å². The van der Waals surface area contributed by atoms with Crippen molar-refractivity contribution in [2.24, 2.45) is 0 Å². The van der Waals surface area contributed by atoms with Gasteiger partial charge in [0.1, 0.15) is 25.1 Å². The molecule has 0 fully saturated rings. The summed E-state index contributed by atoms with van der Waals surface area (Å²) < 4.78 is 63.3. The van der Waals surface area contributed by atoms with Gasteiger partial charge in [0.25, 0.3) is 0 Å². The van der Waals surface area contributed by atoms with Gasteiger partial charge in [0, 0.05) is 52.4 Å². The molecule has 7 aromatic rings. The van der Waals surface area contributed by atoms with E-state index in [1.807, 2.05) is 24.3 Å². The van der Waals surface area contributed by atoms with Crippen molar-refractivity contribution in [3.63, 3.8) is 0 Å². The maximum absolute atomic E-state index is 10.6. The van der Waals surface area contributed by atoms with Gasteiger partial charge in [0.15, 0.2) is 11.5 Å². The van der Waals surface area contributed by atoms with Crippen molar-refractivity contribution in [1.82, 2.24) is 19.9 Å². The molecule has 0 amide bonds. The van der Waals surface area contributed by atoms with Crippen LogP contribution in [0.15, 0.2) is 120 Å². The molecule has 0 radical (unpaired) electrons. The number of aromatic nitrogens is 4. The second-order valence-corrected chi connectivity index (χ2v) is 11.9. The molecule has 4 aromatic heterocycles. The number of nitrogens with zero attached hydrogens (tertiary/aromatic N) is 4. The predicted octanol–water partition coefficient (Wildman–Crippen LogP) is 2.72. The average molecular weight is 778 g/mol. The summed E-state index contributed by atoms with van der Waals surface area (Å²) in [5.74, 6) is -2.49. The summed E-state index contributed by atoms with van der Waals surface area (Å²) >= 11 is 0. The molecular weight excluding hydrogens is 753 g/mol. The number of fused-ring (bicyclic) bond motifs is 6. The molecule has 0 bridgehead atoms. The molecule has 0 aliphatic heterocycles. The van der Waals surface area contributed by atoms with Gasteiger partial charge in [-0.15, -0.1) is 0 Å². The fraction of sp³-hybridized carbons (Fsp3) is 0. The summed E-state index contributed by atoms with van der Waals surface area (Å²) in [5.41, 5.74) is 3.91. The third kappa shape index (κ3) is 8.89. The monoisotopic (exact) mass is 779 g/mol. The van der Waals surface area contributed by atoms with E-state index in [9.17, 15) is 25.9 Å². The van der Waals surface area contributed by atoms with Crippen molar-refractivity contribution in [3.05, 3.63) is 110 Å². The number of pyridine rings is 4. The number of phenolic OH excluding ortho intramolecular Hbond substituents is 2. The largest absolute Gasteiger partial charge is 2.00 e. The van der Waals surface area contributed by atoms with Gasteiger partial charge in [-0.3, -0.25) is 19.9 Å². The number of benzene rings is 3. The van der Waals surface area contributed by atoms with Crippen LogP contribution in [0.1, 0.15) is 0 Å². The van der Waals surface area contributed by atoms with Gasteiger partial charge < -0.3 is 30.3 Å². The van der Waals surface area contributed by atoms with E-state index < -0.39 is 41.5 Å². The molecule has 0 spiro atoms. The van der Waals surface area contributed by atoms with E-state index in [0.717, 1.165) is 43.6 Å². The van der Waals surface area contributed by atoms with Gasteiger partial charge in [-0.1, -0.05) is 48.5 Å². The van der Waals surface area contributed by atoms with E-state index in [1.165, 1.54) is 0 Å². The molecule has 17 heteroatoms. The van der Waals surface area contributed by atoms with Gasteiger partial charge in [-0.25, -0.2) is 16.8 Å². The molecule has 0 saturated carbocycles. The van der Waals surface area contributed by atoms with Crippen LogP contribution in [0.5, 0.6) is 11.5 Å². The van der Waals surface area contributed by atoms with Crippen LogP contribution in [0.3, 0.4) is 0 Å². The summed E-state index contributed by atoms with van der Waals surface area (Å²) in [6.07, 6.45) is 7.21. The summed E-state index contributed by atoms with van der Waals surface area (Å²) in [6.45, 7) is 0. The Hall–Kier alpha value is -4.44. The van der Waals surface area contributed by atoms with E-state index in [-0.39, 0.29) is 44.3 Å². The zero-order valence-electron chi connectivity index (χ0n) is 24.1. The van der Waals surface area contributed by atoms with Crippen molar-refractivity contribution >= 4 is 63.8 Å². The number of hydrogen-bond acceptors (Lipinski definition) is 12. The fourth-order valence-corrected chi connectivity index (χ4v) is 5.47. The summed E-state index contributed by atoms with van der Waals surface area (Å²) in [4.78, 5) is 14.9. The fourth-order valence-electron chi connectivity index (χ4n) is 4.26. The Morgan fingerprint density at radius 2 is 0.851 bits per heavy atom. The minimum atomic E-state index is -5.20. The minimum Gasteiger partial charge on any atom is -0.744 e. The zero-order valence-corrected chi connectivity index (χ0v) is 29.8. The molecule has 7 N–H and O–H groups in total. The normalized spacial score (nSPS) is 10.8. The molecule has 7 rings (SSSR count). The van der Waals surface area contributed by atoms with Gasteiger partial charge in [-0.2, -0.15) is 0 Å². The van der Waals surface area contributed by atoms with E-state index >= 15 is 0 Å². The quantitative estimate of drug-likeness (QED) is 0.0843. The second kappa shape index (κ2) is 15.9. The molecule has 4 heterocycles. The van der Waals surface area contributed by atoms with E-state index in [2.05, 4.69) is 68.5 Å². The van der Waals surface area contributed by atoms with Crippen LogP contribution >= 0.6 is 0 Å². The molecule has 0 aliphatic carbocycles. The first-order valence-corrected chi connectivity index (χ1v) is 15.4. The second-order valence-electron chi connectivity index (χ2n) is 9.13. The Morgan fingerprint density at radius 3 is 1.13 bits per heavy atom. The smallest absolute Gasteiger partial charge is 0.744 e. The van der Waals surface area contributed by atoms with Crippen molar-refractivity contribution < 1.29 is 74.4 Å². The molecular formula is C30H25CdN4O10S2+. The molecule has 238 valence electrons. The number of rotatable bonds is 2. The van der Waals surface area contributed by atoms with Crippen LogP contribution in [0.4, 0.5) is 0 Å².